The number of oxime groups is 1. The monoisotopic (exact) mass is 411 g/mol. The number of carbonyl (C=O) groups is 1. The molecule has 1 saturated heterocycles. The van der Waals surface area contributed by atoms with Gasteiger partial charge in [0.15, 0.2) is 5.84 Å². The van der Waals surface area contributed by atoms with Gasteiger partial charge in [0, 0.05) is 17.5 Å². The first kappa shape index (κ1) is 19.4. The normalized spacial score (nSPS) is 29.9. The predicted octanol–water partition coefficient (Wildman–Crippen LogP) is 3.73. The molecule has 0 unspecified atom stereocenters. The van der Waals surface area contributed by atoms with Gasteiger partial charge >= 0.3 is 5.97 Å². The van der Waals surface area contributed by atoms with Gasteiger partial charge in [-0.2, -0.15) is 0 Å². The molecule has 1 aromatic heterocycles. The van der Waals surface area contributed by atoms with E-state index in [0.717, 1.165) is 43.2 Å². The maximum Gasteiger partial charge on any atom is 0.355 e. The van der Waals surface area contributed by atoms with E-state index in [0.29, 0.717) is 24.6 Å². The zero-order valence-corrected chi connectivity index (χ0v) is 17.6. The minimum Gasteiger partial charge on any atom is -0.461 e. The lowest BCUT2D eigenvalue weighted by molar-refractivity contribution is -0.0132. The van der Waals surface area contributed by atoms with Gasteiger partial charge in [0.1, 0.15) is 11.2 Å². The molecule has 5 rings (SSSR count). The van der Waals surface area contributed by atoms with Gasteiger partial charge in [-0.1, -0.05) is 18.1 Å². The van der Waals surface area contributed by atoms with Crippen molar-refractivity contribution in [2.45, 2.75) is 63.0 Å². The van der Waals surface area contributed by atoms with Crippen molar-refractivity contribution >= 4 is 22.7 Å². The van der Waals surface area contributed by atoms with Crippen LogP contribution in [0.3, 0.4) is 0 Å². The van der Waals surface area contributed by atoms with Gasteiger partial charge in [-0.25, -0.2) is 4.79 Å². The Morgan fingerprint density at radius 3 is 2.77 bits per heavy atom. The summed E-state index contributed by atoms with van der Waals surface area (Å²) in [5.74, 6) is 0.365. The van der Waals surface area contributed by atoms with E-state index in [2.05, 4.69) is 23.4 Å². The maximum absolute atomic E-state index is 12.8. The lowest BCUT2D eigenvalue weighted by Crippen LogP contribution is -2.38. The van der Waals surface area contributed by atoms with Crippen LogP contribution in [0, 0.1) is 5.92 Å². The lowest BCUT2D eigenvalue weighted by atomic mass is 9.87. The minimum absolute atomic E-state index is 0.111. The molecule has 3 aliphatic rings. The molecule has 7 nitrogen and oxygen atoms in total. The number of hydrogen-bond donors (Lipinski definition) is 2. The van der Waals surface area contributed by atoms with Crippen molar-refractivity contribution in [3.05, 3.63) is 35.5 Å². The van der Waals surface area contributed by atoms with Gasteiger partial charge in [-0.05, 0) is 74.6 Å². The number of nitrogens with zero attached hydrogens (tertiary/aromatic N) is 2. The Kier molecular flexibility index (Phi) is 4.36. The van der Waals surface area contributed by atoms with Crippen LogP contribution in [0.1, 0.15) is 67.9 Å². The van der Waals surface area contributed by atoms with E-state index in [-0.39, 0.29) is 23.3 Å². The van der Waals surface area contributed by atoms with Crippen LogP contribution in [-0.4, -0.2) is 40.4 Å². The lowest BCUT2D eigenvalue weighted by Gasteiger charge is -2.30. The first-order valence-electron chi connectivity index (χ1n) is 10.9. The fraction of sp³-hybridized carbons (Fsp3) is 0.565. The molecule has 2 saturated carbocycles. The number of carbonyl (C=O) groups excluding carboxylic acids is 1. The number of fused-ring (bicyclic) bond motifs is 1. The molecule has 1 aromatic carbocycles. The van der Waals surface area contributed by atoms with E-state index in [9.17, 15) is 10.0 Å². The number of ether oxygens (including phenoxy) is 2. The number of benzene rings is 1. The van der Waals surface area contributed by atoms with Gasteiger partial charge in [0.2, 0.25) is 0 Å². The van der Waals surface area contributed by atoms with Crippen LogP contribution < -0.4 is 5.73 Å². The van der Waals surface area contributed by atoms with Crippen molar-refractivity contribution in [1.29, 1.82) is 0 Å². The van der Waals surface area contributed by atoms with Crippen LogP contribution in [0.15, 0.2) is 29.4 Å². The van der Waals surface area contributed by atoms with Gasteiger partial charge in [0.05, 0.1) is 12.2 Å². The average Bonchev–Trinajstić information content (AvgIpc) is 3.61. The van der Waals surface area contributed by atoms with Crippen LogP contribution in [-0.2, 0) is 15.0 Å². The summed E-state index contributed by atoms with van der Waals surface area (Å²) < 4.78 is 13.2. The third-order valence-corrected chi connectivity index (χ3v) is 7.31. The molecular formula is C23H29N3O4. The van der Waals surface area contributed by atoms with Crippen LogP contribution in [0.2, 0.25) is 0 Å². The summed E-state index contributed by atoms with van der Waals surface area (Å²) in [7, 11) is 0. The van der Waals surface area contributed by atoms with E-state index < -0.39 is 5.54 Å². The van der Waals surface area contributed by atoms with Gasteiger partial charge < -0.3 is 25.0 Å². The van der Waals surface area contributed by atoms with Crippen molar-refractivity contribution < 1.29 is 19.5 Å². The molecule has 0 bridgehead atoms. The van der Waals surface area contributed by atoms with Crippen molar-refractivity contribution in [2.24, 2.45) is 16.8 Å². The summed E-state index contributed by atoms with van der Waals surface area (Å²) in [4.78, 5) is 12.8. The fourth-order valence-corrected chi connectivity index (χ4v) is 5.35. The molecule has 1 spiro atoms. The minimum atomic E-state index is -0.698. The molecular weight excluding hydrogens is 382 g/mol. The first-order chi connectivity index (χ1) is 14.4. The van der Waals surface area contributed by atoms with E-state index in [4.69, 9.17) is 15.2 Å². The quantitative estimate of drug-likeness (QED) is 0.257. The molecule has 7 heteroatoms. The number of rotatable bonds is 5. The van der Waals surface area contributed by atoms with E-state index in [1.54, 1.807) is 6.92 Å². The van der Waals surface area contributed by atoms with Gasteiger partial charge in [0.25, 0.3) is 0 Å². The number of esters is 1. The second-order valence-corrected chi connectivity index (χ2v) is 9.14. The number of hydrogen-bond acceptors (Lipinski definition) is 5. The molecule has 3 fully saturated rings. The topological polar surface area (TPSA) is 99.1 Å². The second-order valence-electron chi connectivity index (χ2n) is 9.14. The molecule has 30 heavy (non-hydrogen) atoms. The molecule has 160 valence electrons. The Balaban J connectivity index is 1.61. The van der Waals surface area contributed by atoms with Crippen LogP contribution in [0.25, 0.3) is 10.9 Å². The van der Waals surface area contributed by atoms with E-state index >= 15 is 0 Å². The summed E-state index contributed by atoms with van der Waals surface area (Å²) in [6, 6.07) is 8.31. The highest BCUT2D eigenvalue weighted by Crippen LogP contribution is 2.53. The summed E-state index contributed by atoms with van der Waals surface area (Å²) in [5.41, 5.74) is 8.18. The second kappa shape index (κ2) is 6.74. The molecule has 1 aliphatic heterocycles. The van der Waals surface area contributed by atoms with Crippen molar-refractivity contribution in [2.75, 3.05) is 13.2 Å². The Morgan fingerprint density at radius 2 is 2.13 bits per heavy atom. The summed E-state index contributed by atoms with van der Waals surface area (Å²) in [5, 5.41) is 13.7. The summed E-state index contributed by atoms with van der Waals surface area (Å²) >= 11 is 0. The summed E-state index contributed by atoms with van der Waals surface area (Å²) in [6.07, 6.45) is 5.12. The Labute approximate surface area is 175 Å². The third-order valence-electron chi connectivity index (χ3n) is 7.31. The number of amidine groups is 1. The van der Waals surface area contributed by atoms with Crippen LogP contribution in [0.4, 0.5) is 0 Å². The SMILES string of the molecule is CCOC(=O)c1cc2cc([C@H]3CCOC4(CC4)C3)ccc2n1[C@@]1(C(N)=NO)C[C@@H]1C. The Hall–Kier alpha value is -2.54. The van der Waals surface area contributed by atoms with Gasteiger partial charge in [-0.3, -0.25) is 0 Å². The van der Waals surface area contributed by atoms with Gasteiger partial charge in [-0.15, -0.1) is 0 Å². The third kappa shape index (κ3) is 2.82. The number of aromatic nitrogens is 1. The average molecular weight is 412 g/mol. The molecule has 0 radical (unpaired) electrons. The molecule has 0 amide bonds. The fourth-order valence-electron chi connectivity index (χ4n) is 5.35. The van der Waals surface area contributed by atoms with Crippen molar-refractivity contribution in [1.82, 2.24) is 4.57 Å². The molecule has 3 atom stereocenters. The Bertz CT molecular complexity index is 1040. The summed E-state index contributed by atoms with van der Waals surface area (Å²) in [6.45, 7) is 4.94. The highest BCUT2D eigenvalue weighted by atomic mass is 16.5. The van der Waals surface area contributed by atoms with Crippen LogP contribution in [0.5, 0.6) is 0 Å². The Morgan fingerprint density at radius 1 is 1.37 bits per heavy atom. The molecule has 2 aliphatic carbocycles. The number of nitrogens with two attached hydrogens (primary N) is 1. The maximum atomic E-state index is 12.8. The molecule has 2 heterocycles. The molecule has 3 N–H and O–H groups in total. The van der Waals surface area contributed by atoms with E-state index in [1.807, 2.05) is 17.6 Å². The highest BCUT2D eigenvalue weighted by molar-refractivity contribution is 6.00. The zero-order chi connectivity index (χ0) is 21.1. The van der Waals surface area contributed by atoms with Crippen molar-refractivity contribution in [3.63, 3.8) is 0 Å². The molecule has 2 aromatic rings. The predicted molar refractivity (Wildman–Crippen MR) is 113 cm³/mol. The smallest absolute Gasteiger partial charge is 0.355 e. The van der Waals surface area contributed by atoms with Crippen LogP contribution >= 0.6 is 0 Å². The van der Waals surface area contributed by atoms with Crippen molar-refractivity contribution in [3.8, 4) is 0 Å². The standard InChI is InChI=1S/C23H29N3O4/c1-3-29-20(27)19-11-17-10-15(16-6-9-30-22(13-16)7-8-22)4-5-18(17)26(19)23(12-14(23)2)21(24)25-28/h4-5,10-11,14,16,28H,3,6-9,12-13H2,1-2H3,(H2,24,25)/t14-,16-,23-/m0/s1. The first-order valence-corrected chi connectivity index (χ1v) is 10.9. The zero-order valence-electron chi connectivity index (χ0n) is 17.6. The largest absolute Gasteiger partial charge is 0.461 e. The van der Waals surface area contributed by atoms with E-state index in [1.165, 1.54) is 5.56 Å². The highest BCUT2D eigenvalue weighted by Gasteiger charge is 2.58.